The Hall–Kier alpha value is -2.42. The first-order chi connectivity index (χ1) is 8.74. The summed E-state index contributed by atoms with van der Waals surface area (Å²) in [5, 5.41) is 2.69. The largest absolute Gasteiger partial charge is 0.307 e. The third kappa shape index (κ3) is 3.56. The molecule has 0 unspecified atom stereocenters. The summed E-state index contributed by atoms with van der Waals surface area (Å²) < 4.78 is 0. The van der Waals surface area contributed by atoms with Gasteiger partial charge in [0.2, 0.25) is 5.91 Å². The maximum atomic E-state index is 11.6. The van der Waals surface area contributed by atoms with Crippen molar-refractivity contribution in [3.63, 3.8) is 0 Å². The van der Waals surface area contributed by atoms with Crippen LogP contribution in [0.2, 0.25) is 0 Å². The Morgan fingerprint density at radius 1 is 1.17 bits per heavy atom. The minimum absolute atomic E-state index is 0.186. The number of carbonyl (C=O) groups is 1. The van der Waals surface area contributed by atoms with Crippen LogP contribution in [0.4, 0.5) is 5.82 Å². The average Bonchev–Trinajstić information content (AvgIpc) is 2.39. The van der Waals surface area contributed by atoms with E-state index >= 15 is 0 Å². The molecule has 3 heteroatoms. The van der Waals surface area contributed by atoms with Crippen LogP contribution in [0.1, 0.15) is 11.1 Å². The van der Waals surface area contributed by atoms with Crippen molar-refractivity contribution in [1.29, 1.82) is 0 Å². The van der Waals surface area contributed by atoms with Gasteiger partial charge >= 0.3 is 0 Å². The molecule has 1 aromatic carbocycles. The van der Waals surface area contributed by atoms with Gasteiger partial charge in [-0.05, 0) is 30.7 Å². The van der Waals surface area contributed by atoms with Gasteiger partial charge in [0, 0.05) is 12.3 Å². The minimum Gasteiger partial charge on any atom is -0.307 e. The van der Waals surface area contributed by atoms with E-state index < -0.39 is 0 Å². The quantitative estimate of drug-likeness (QED) is 0.835. The molecule has 2 aromatic rings. The van der Waals surface area contributed by atoms with Crippen LogP contribution in [0.15, 0.2) is 54.7 Å². The Morgan fingerprint density at radius 3 is 2.61 bits per heavy atom. The van der Waals surface area contributed by atoms with Crippen molar-refractivity contribution < 1.29 is 4.79 Å². The molecule has 0 aliphatic rings. The first-order valence-corrected chi connectivity index (χ1v) is 5.71. The lowest BCUT2D eigenvalue weighted by Crippen LogP contribution is -2.08. The van der Waals surface area contributed by atoms with Crippen molar-refractivity contribution in [3.05, 3.63) is 65.9 Å². The number of hydrogen-bond donors (Lipinski definition) is 1. The summed E-state index contributed by atoms with van der Waals surface area (Å²) >= 11 is 0. The van der Waals surface area contributed by atoms with Gasteiger partial charge in [0.05, 0.1) is 0 Å². The van der Waals surface area contributed by atoms with E-state index in [1.807, 2.05) is 37.3 Å². The molecule has 0 fully saturated rings. The van der Waals surface area contributed by atoms with E-state index in [0.29, 0.717) is 5.82 Å². The van der Waals surface area contributed by atoms with Crippen LogP contribution in [0.25, 0.3) is 6.08 Å². The number of anilines is 1. The molecule has 2 rings (SSSR count). The molecule has 0 spiro atoms. The lowest BCUT2D eigenvalue weighted by molar-refractivity contribution is -0.111. The van der Waals surface area contributed by atoms with E-state index in [1.165, 1.54) is 11.6 Å². The second-order valence-corrected chi connectivity index (χ2v) is 3.95. The molecule has 90 valence electrons. The molecule has 0 atom stereocenters. The summed E-state index contributed by atoms with van der Waals surface area (Å²) in [5.74, 6) is 0.366. The molecule has 1 N–H and O–H groups in total. The molecule has 1 heterocycles. The number of hydrogen-bond acceptors (Lipinski definition) is 2. The molecule has 0 bridgehead atoms. The van der Waals surface area contributed by atoms with Crippen LogP contribution in [0.5, 0.6) is 0 Å². The van der Waals surface area contributed by atoms with Gasteiger partial charge in [-0.25, -0.2) is 4.98 Å². The fraction of sp³-hybridized carbons (Fsp3) is 0.0667. The molecular formula is C15H14N2O. The maximum Gasteiger partial charge on any atom is 0.249 e. The zero-order chi connectivity index (χ0) is 12.8. The van der Waals surface area contributed by atoms with Crippen LogP contribution >= 0.6 is 0 Å². The first-order valence-electron chi connectivity index (χ1n) is 5.71. The second-order valence-electron chi connectivity index (χ2n) is 3.95. The number of pyridine rings is 1. The Labute approximate surface area is 106 Å². The number of aromatic nitrogens is 1. The lowest BCUT2D eigenvalue weighted by Gasteiger charge is -1.99. The normalized spacial score (nSPS) is 10.5. The van der Waals surface area contributed by atoms with Crippen molar-refractivity contribution in [1.82, 2.24) is 4.98 Å². The van der Waals surface area contributed by atoms with Crippen molar-refractivity contribution >= 4 is 17.8 Å². The number of aryl methyl sites for hydroxylation is 1. The van der Waals surface area contributed by atoms with Crippen LogP contribution in [0, 0.1) is 6.92 Å². The molecule has 1 aromatic heterocycles. The highest BCUT2D eigenvalue weighted by Crippen LogP contribution is 2.05. The Bertz CT molecular complexity index is 544. The van der Waals surface area contributed by atoms with Crippen molar-refractivity contribution in [2.45, 2.75) is 6.92 Å². The van der Waals surface area contributed by atoms with Gasteiger partial charge in [0.25, 0.3) is 0 Å². The highest BCUT2D eigenvalue weighted by Gasteiger charge is 1.97. The summed E-state index contributed by atoms with van der Waals surface area (Å²) in [6.45, 7) is 2.03. The fourth-order valence-corrected chi connectivity index (χ4v) is 1.45. The van der Waals surface area contributed by atoms with Crippen LogP contribution in [0.3, 0.4) is 0 Å². The summed E-state index contributed by atoms with van der Waals surface area (Å²) in [7, 11) is 0. The van der Waals surface area contributed by atoms with Crippen molar-refractivity contribution in [3.8, 4) is 0 Å². The third-order valence-electron chi connectivity index (χ3n) is 2.42. The minimum atomic E-state index is -0.186. The number of nitrogens with one attached hydrogen (secondary N) is 1. The van der Waals surface area contributed by atoms with Crippen LogP contribution in [-0.4, -0.2) is 10.9 Å². The average molecular weight is 238 g/mol. The van der Waals surface area contributed by atoms with Gasteiger partial charge in [-0.1, -0.05) is 35.9 Å². The van der Waals surface area contributed by atoms with Crippen LogP contribution < -0.4 is 5.32 Å². The number of rotatable bonds is 3. The first kappa shape index (κ1) is 12.0. The molecular weight excluding hydrogens is 224 g/mol. The SMILES string of the molecule is Cc1ccc(C=CC(=O)Nc2ccccn2)cc1. The van der Waals surface area contributed by atoms with E-state index in [-0.39, 0.29) is 5.91 Å². The standard InChI is InChI=1S/C15H14N2O/c1-12-5-7-13(8-6-12)9-10-15(18)17-14-4-2-3-11-16-14/h2-11H,1H3,(H,16,17,18). The number of amides is 1. The van der Waals surface area contributed by atoms with Gasteiger partial charge in [-0.3, -0.25) is 4.79 Å². The highest BCUT2D eigenvalue weighted by molar-refractivity contribution is 6.01. The van der Waals surface area contributed by atoms with Gasteiger partial charge in [-0.2, -0.15) is 0 Å². The Kier molecular flexibility index (Phi) is 3.86. The van der Waals surface area contributed by atoms with E-state index in [0.717, 1.165) is 5.56 Å². The third-order valence-corrected chi connectivity index (χ3v) is 2.42. The fourth-order valence-electron chi connectivity index (χ4n) is 1.45. The molecule has 0 radical (unpaired) electrons. The Morgan fingerprint density at radius 2 is 1.94 bits per heavy atom. The van der Waals surface area contributed by atoms with Gasteiger partial charge in [0.1, 0.15) is 5.82 Å². The Balaban J connectivity index is 1.97. The molecule has 0 saturated carbocycles. The van der Waals surface area contributed by atoms with Gasteiger partial charge in [-0.15, -0.1) is 0 Å². The zero-order valence-electron chi connectivity index (χ0n) is 10.1. The zero-order valence-corrected chi connectivity index (χ0v) is 10.1. The summed E-state index contributed by atoms with van der Waals surface area (Å²) in [6.07, 6.45) is 4.91. The van der Waals surface area contributed by atoms with Gasteiger partial charge in [0.15, 0.2) is 0 Å². The van der Waals surface area contributed by atoms with E-state index in [2.05, 4.69) is 10.3 Å². The molecule has 0 aliphatic carbocycles. The number of nitrogens with zero attached hydrogens (tertiary/aromatic N) is 1. The molecule has 3 nitrogen and oxygen atoms in total. The number of carbonyl (C=O) groups excluding carboxylic acids is 1. The smallest absolute Gasteiger partial charge is 0.249 e. The topological polar surface area (TPSA) is 42.0 Å². The summed E-state index contributed by atoms with van der Waals surface area (Å²) in [6, 6.07) is 13.3. The lowest BCUT2D eigenvalue weighted by atomic mass is 10.1. The molecule has 1 amide bonds. The summed E-state index contributed by atoms with van der Waals surface area (Å²) in [4.78, 5) is 15.6. The van der Waals surface area contributed by atoms with Crippen LogP contribution in [-0.2, 0) is 4.79 Å². The predicted molar refractivity (Wildman–Crippen MR) is 73.1 cm³/mol. The van der Waals surface area contributed by atoms with Crippen molar-refractivity contribution in [2.24, 2.45) is 0 Å². The molecule has 18 heavy (non-hydrogen) atoms. The summed E-state index contributed by atoms with van der Waals surface area (Å²) in [5.41, 5.74) is 2.20. The molecule has 0 aliphatic heterocycles. The van der Waals surface area contributed by atoms with E-state index in [9.17, 15) is 4.79 Å². The van der Waals surface area contributed by atoms with E-state index in [1.54, 1.807) is 24.4 Å². The highest BCUT2D eigenvalue weighted by atomic mass is 16.1. The molecule has 0 saturated heterocycles. The second kappa shape index (κ2) is 5.77. The maximum absolute atomic E-state index is 11.6. The predicted octanol–water partition coefficient (Wildman–Crippen LogP) is 3.04. The number of benzene rings is 1. The monoisotopic (exact) mass is 238 g/mol. The van der Waals surface area contributed by atoms with E-state index in [4.69, 9.17) is 0 Å². The van der Waals surface area contributed by atoms with Gasteiger partial charge < -0.3 is 5.32 Å². The van der Waals surface area contributed by atoms with Crippen molar-refractivity contribution in [2.75, 3.05) is 5.32 Å².